The first-order valence-corrected chi connectivity index (χ1v) is 12.0. The van der Waals surface area contributed by atoms with Crippen molar-refractivity contribution in [3.63, 3.8) is 0 Å². The van der Waals surface area contributed by atoms with Crippen molar-refractivity contribution in [3.8, 4) is 5.75 Å². The summed E-state index contributed by atoms with van der Waals surface area (Å²) >= 11 is 0.913. The molecular formula is C25H28N4O4S. The van der Waals surface area contributed by atoms with E-state index in [0.717, 1.165) is 42.7 Å². The Labute approximate surface area is 203 Å². The molecule has 0 spiro atoms. The Morgan fingerprint density at radius 3 is 2.41 bits per heavy atom. The molecule has 8 nitrogen and oxygen atoms in total. The van der Waals surface area contributed by atoms with E-state index in [1.54, 1.807) is 30.2 Å². The van der Waals surface area contributed by atoms with Gasteiger partial charge in [0.15, 0.2) is 0 Å². The van der Waals surface area contributed by atoms with E-state index in [0.29, 0.717) is 18.0 Å². The molecule has 0 radical (unpaired) electrons. The zero-order valence-corrected chi connectivity index (χ0v) is 19.9. The third kappa shape index (κ3) is 5.98. The third-order valence-corrected chi connectivity index (χ3v) is 6.71. The van der Waals surface area contributed by atoms with Gasteiger partial charge in [0.2, 0.25) is 0 Å². The fourth-order valence-electron chi connectivity index (χ4n) is 3.88. The number of rotatable bonds is 7. The van der Waals surface area contributed by atoms with Crippen LogP contribution in [0.25, 0.3) is 6.08 Å². The normalized spacial score (nSPS) is 18.0. The van der Waals surface area contributed by atoms with E-state index < -0.39 is 0 Å². The predicted molar refractivity (Wildman–Crippen MR) is 132 cm³/mol. The van der Waals surface area contributed by atoms with Gasteiger partial charge in [-0.2, -0.15) is 0 Å². The van der Waals surface area contributed by atoms with Crippen molar-refractivity contribution >= 4 is 35.0 Å². The Balaban J connectivity index is 1.21. The van der Waals surface area contributed by atoms with Crippen LogP contribution in [0.5, 0.6) is 5.75 Å². The molecule has 0 atom stereocenters. The number of imide groups is 1. The standard InChI is InChI=1S/C25H28N4O4S/c1-33-21-9-7-19(8-10-21)17-22-23(30)29(25(32)34-22)12-11-26-24(31)28-15-13-27(14-16-28)18-20-5-3-2-4-6-20/h2-10,17H,11-16,18H2,1H3,(H,26,31). The summed E-state index contributed by atoms with van der Waals surface area (Å²) in [5.74, 6) is 0.383. The van der Waals surface area contributed by atoms with Crippen molar-refractivity contribution in [1.29, 1.82) is 0 Å². The Morgan fingerprint density at radius 1 is 1.03 bits per heavy atom. The molecule has 0 aromatic heterocycles. The van der Waals surface area contributed by atoms with Crippen LogP contribution in [0.3, 0.4) is 0 Å². The van der Waals surface area contributed by atoms with Crippen molar-refractivity contribution in [1.82, 2.24) is 20.0 Å². The van der Waals surface area contributed by atoms with E-state index in [9.17, 15) is 14.4 Å². The lowest BCUT2D eigenvalue weighted by molar-refractivity contribution is -0.122. The predicted octanol–water partition coefficient (Wildman–Crippen LogP) is 3.26. The molecule has 0 bridgehead atoms. The van der Waals surface area contributed by atoms with Crippen LogP contribution in [0.1, 0.15) is 11.1 Å². The highest BCUT2D eigenvalue weighted by Crippen LogP contribution is 2.32. The maximum atomic E-state index is 12.7. The Bertz CT molecular complexity index is 1050. The highest BCUT2D eigenvalue weighted by molar-refractivity contribution is 8.18. The molecule has 4 amide bonds. The van der Waals surface area contributed by atoms with Crippen LogP contribution in [0, 0.1) is 0 Å². The van der Waals surface area contributed by atoms with Gasteiger partial charge in [0, 0.05) is 45.8 Å². The molecule has 0 saturated carbocycles. The van der Waals surface area contributed by atoms with Crippen LogP contribution < -0.4 is 10.1 Å². The topological polar surface area (TPSA) is 82.2 Å². The monoisotopic (exact) mass is 480 g/mol. The number of carbonyl (C=O) groups excluding carboxylic acids is 3. The van der Waals surface area contributed by atoms with Crippen LogP contribution >= 0.6 is 11.8 Å². The molecule has 2 aromatic rings. The molecule has 0 aliphatic carbocycles. The molecule has 4 rings (SSSR count). The first-order valence-electron chi connectivity index (χ1n) is 11.2. The number of piperazine rings is 1. The summed E-state index contributed by atoms with van der Waals surface area (Å²) in [6, 6.07) is 17.4. The summed E-state index contributed by atoms with van der Waals surface area (Å²) < 4.78 is 5.14. The third-order valence-electron chi connectivity index (χ3n) is 5.81. The number of nitrogens with one attached hydrogen (secondary N) is 1. The molecule has 178 valence electrons. The molecule has 9 heteroatoms. The van der Waals surface area contributed by atoms with Gasteiger partial charge < -0.3 is 15.0 Å². The van der Waals surface area contributed by atoms with Gasteiger partial charge in [-0.05, 0) is 41.1 Å². The number of benzene rings is 2. The van der Waals surface area contributed by atoms with Gasteiger partial charge in [-0.1, -0.05) is 42.5 Å². The lowest BCUT2D eigenvalue weighted by Crippen LogP contribution is -2.52. The number of ether oxygens (including phenoxy) is 1. The minimum absolute atomic E-state index is 0.143. The van der Waals surface area contributed by atoms with Gasteiger partial charge in [0.25, 0.3) is 11.1 Å². The number of nitrogens with zero attached hydrogens (tertiary/aromatic N) is 3. The highest BCUT2D eigenvalue weighted by atomic mass is 32.2. The molecule has 2 aliphatic heterocycles. The maximum absolute atomic E-state index is 12.7. The summed E-state index contributed by atoms with van der Waals surface area (Å²) in [6.07, 6.45) is 1.69. The van der Waals surface area contributed by atoms with Crippen LogP contribution in [0.15, 0.2) is 59.5 Å². The molecule has 0 unspecified atom stereocenters. The summed E-state index contributed by atoms with van der Waals surface area (Å²) in [5.41, 5.74) is 2.07. The number of carbonyl (C=O) groups is 3. The lowest BCUT2D eigenvalue weighted by atomic mass is 10.2. The highest BCUT2D eigenvalue weighted by Gasteiger charge is 2.34. The lowest BCUT2D eigenvalue weighted by Gasteiger charge is -2.34. The molecule has 34 heavy (non-hydrogen) atoms. The maximum Gasteiger partial charge on any atom is 0.317 e. The molecular weight excluding hydrogens is 452 g/mol. The van der Waals surface area contributed by atoms with E-state index in [-0.39, 0.29) is 30.3 Å². The van der Waals surface area contributed by atoms with Crippen LogP contribution in [0.4, 0.5) is 9.59 Å². The van der Waals surface area contributed by atoms with Gasteiger partial charge >= 0.3 is 6.03 Å². The first kappa shape index (κ1) is 23.8. The summed E-state index contributed by atoms with van der Waals surface area (Å²) in [7, 11) is 1.59. The number of methoxy groups -OCH3 is 1. The van der Waals surface area contributed by atoms with Crippen molar-refractivity contribution < 1.29 is 19.1 Å². The minimum atomic E-state index is -0.338. The summed E-state index contributed by atoms with van der Waals surface area (Å²) in [4.78, 5) is 43.2. The molecule has 1 N–H and O–H groups in total. The number of hydrogen-bond acceptors (Lipinski definition) is 6. The molecule has 2 heterocycles. The van der Waals surface area contributed by atoms with Crippen molar-refractivity contribution in [2.45, 2.75) is 6.54 Å². The van der Waals surface area contributed by atoms with E-state index in [1.807, 2.05) is 30.3 Å². The Kier molecular flexibility index (Phi) is 7.87. The number of thioether (sulfide) groups is 1. The van der Waals surface area contributed by atoms with Gasteiger partial charge in [-0.25, -0.2) is 4.79 Å². The number of hydrogen-bond donors (Lipinski definition) is 1. The average Bonchev–Trinajstić information content (AvgIpc) is 3.13. The molecule has 2 saturated heterocycles. The van der Waals surface area contributed by atoms with Gasteiger partial charge in [0.1, 0.15) is 5.75 Å². The second-order valence-electron chi connectivity index (χ2n) is 8.09. The minimum Gasteiger partial charge on any atom is -0.497 e. The zero-order chi connectivity index (χ0) is 23.9. The van der Waals surface area contributed by atoms with Crippen LogP contribution in [-0.2, 0) is 11.3 Å². The summed E-state index contributed by atoms with van der Waals surface area (Å²) in [6.45, 7) is 4.14. The van der Waals surface area contributed by atoms with E-state index in [2.05, 4.69) is 22.3 Å². The quantitative estimate of drug-likeness (QED) is 0.613. The zero-order valence-electron chi connectivity index (χ0n) is 19.1. The fourth-order valence-corrected chi connectivity index (χ4v) is 4.75. The number of urea groups is 1. The largest absolute Gasteiger partial charge is 0.497 e. The van der Waals surface area contributed by atoms with E-state index >= 15 is 0 Å². The van der Waals surface area contributed by atoms with Crippen molar-refractivity contribution in [3.05, 3.63) is 70.6 Å². The van der Waals surface area contributed by atoms with E-state index in [1.165, 1.54) is 10.5 Å². The second-order valence-corrected chi connectivity index (χ2v) is 9.08. The average molecular weight is 481 g/mol. The van der Waals surface area contributed by atoms with E-state index in [4.69, 9.17) is 4.74 Å². The van der Waals surface area contributed by atoms with Gasteiger partial charge in [-0.15, -0.1) is 0 Å². The van der Waals surface area contributed by atoms with Crippen LogP contribution in [-0.4, -0.2) is 78.3 Å². The smallest absolute Gasteiger partial charge is 0.317 e. The van der Waals surface area contributed by atoms with Crippen molar-refractivity contribution in [2.75, 3.05) is 46.4 Å². The van der Waals surface area contributed by atoms with Gasteiger partial charge in [0.05, 0.1) is 12.0 Å². The molecule has 2 aliphatic rings. The number of amides is 4. The fraction of sp³-hybridized carbons (Fsp3) is 0.320. The Hall–Kier alpha value is -3.30. The van der Waals surface area contributed by atoms with Crippen molar-refractivity contribution in [2.24, 2.45) is 0 Å². The SMILES string of the molecule is COc1ccc(C=C2SC(=O)N(CCNC(=O)N3CCN(Cc4ccccc4)CC3)C2=O)cc1. The molecule has 2 fully saturated rings. The molecule has 2 aromatic carbocycles. The summed E-state index contributed by atoms with van der Waals surface area (Å²) in [5, 5.41) is 2.52. The second kappa shape index (κ2) is 11.2. The Morgan fingerprint density at radius 2 is 1.74 bits per heavy atom. The first-order chi connectivity index (χ1) is 16.5. The van der Waals surface area contributed by atoms with Gasteiger partial charge in [-0.3, -0.25) is 19.4 Å². The van der Waals surface area contributed by atoms with Crippen LogP contribution in [0.2, 0.25) is 0 Å².